The van der Waals surface area contributed by atoms with Gasteiger partial charge in [0, 0.05) is 67.2 Å². The van der Waals surface area contributed by atoms with Gasteiger partial charge in [0.15, 0.2) is 0 Å². The zero-order valence-corrected chi connectivity index (χ0v) is 18.3. The summed E-state index contributed by atoms with van der Waals surface area (Å²) in [5.74, 6) is -0.0992. The molecule has 1 saturated heterocycles. The molecule has 3 aromatic rings. The van der Waals surface area contributed by atoms with Crippen molar-refractivity contribution in [1.82, 2.24) is 25.8 Å². The topological polar surface area (TPSA) is 93.5 Å². The van der Waals surface area contributed by atoms with Gasteiger partial charge in [0.25, 0.3) is 0 Å². The van der Waals surface area contributed by atoms with E-state index in [1.165, 1.54) is 5.39 Å². The summed E-state index contributed by atoms with van der Waals surface area (Å²) >= 11 is 0. The molecule has 1 aromatic heterocycles. The Labute approximate surface area is 188 Å². The van der Waals surface area contributed by atoms with Crippen LogP contribution < -0.4 is 21.7 Å². The van der Waals surface area contributed by atoms with Gasteiger partial charge in [-0.3, -0.25) is 5.73 Å². The Morgan fingerprint density at radius 2 is 1.97 bits per heavy atom. The molecule has 2 aliphatic heterocycles. The van der Waals surface area contributed by atoms with Crippen LogP contribution >= 0.6 is 0 Å². The number of rotatable bonds is 7. The van der Waals surface area contributed by atoms with E-state index in [9.17, 15) is 0 Å². The fraction of sp³-hybridized carbons (Fsp3) is 0.320. The van der Waals surface area contributed by atoms with Crippen molar-refractivity contribution in [1.29, 1.82) is 0 Å². The van der Waals surface area contributed by atoms with Crippen molar-refractivity contribution < 1.29 is 0 Å². The molecule has 0 aliphatic carbocycles. The lowest BCUT2D eigenvalue weighted by atomic mass is 9.99. The second-order valence-corrected chi connectivity index (χ2v) is 8.45. The fourth-order valence-electron chi connectivity index (χ4n) is 4.45. The molecule has 7 nitrogen and oxygen atoms in total. The number of fused-ring (bicyclic) bond motifs is 1. The minimum Gasteiger partial charge on any atom is -0.372 e. The van der Waals surface area contributed by atoms with Gasteiger partial charge in [0.05, 0.1) is 0 Å². The lowest BCUT2D eigenvalue weighted by molar-refractivity contribution is 0.238. The highest BCUT2D eigenvalue weighted by Gasteiger charge is 2.29. The highest BCUT2D eigenvalue weighted by atomic mass is 15.3. The summed E-state index contributed by atoms with van der Waals surface area (Å²) in [5, 5.41) is 11.5. The van der Waals surface area contributed by atoms with E-state index in [1.807, 2.05) is 24.3 Å². The molecular formula is C25H31N7. The van der Waals surface area contributed by atoms with Gasteiger partial charge in [-0.15, -0.1) is 0 Å². The van der Waals surface area contributed by atoms with Gasteiger partial charge in [-0.2, -0.15) is 0 Å². The van der Waals surface area contributed by atoms with Crippen LogP contribution in [0.15, 0.2) is 71.6 Å². The average Bonchev–Trinajstić information content (AvgIpc) is 3.27. The molecule has 0 spiro atoms. The molecule has 5 rings (SSSR count). The molecule has 166 valence electrons. The molecule has 2 aromatic carbocycles. The zero-order chi connectivity index (χ0) is 21.8. The smallest absolute Gasteiger partial charge is 0.210 e. The number of aromatic amines is 1. The number of allylic oxidation sites excluding steroid dienone is 1. The molecule has 0 amide bonds. The number of benzene rings is 2. The first kappa shape index (κ1) is 20.8. The molecule has 32 heavy (non-hydrogen) atoms. The van der Waals surface area contributed by atoms with Crippen LogP contribution in [0.3, 0.4) is 0 Å². The SMILES string of the molecule is NC1(c2cccc(-c3c[nH]c4ccccc34)c2)N=CC=C(NCCCN2CCNCC2)N1. The van der Waals surface area contributed by atoms with Crippen molar-refractivity contribution in [2.75, 3.05) is 39.3 Å². The first-order valence-corrected chi connectivity index (χ1v) is 11.4. The van der Waals surface area contributed by atoms with Crippen molar-refractivity contribution >= 4 is 17.1 Å². The quantitative estimate of drug-likeness (QED) is 0.372. The lowest BCUT2D eigenvalue weighted by Gasteiger charge is -2.32. The first-order valence-electron chi connectivity index (χ1n) is 11.4. The van der Waals surface area contributed by atoms with Crippen molar-refractivity contribution in [3.05, 3.63) is 72.2 Å². The number of nitrogens with two attached hydrogens (primary N) is 1. The van der Waals surface area contributed by atoms with E-state index in [2.05, 4.69) is 67.4 Å². The summed E-state index contributed by atoms with van der Waals surface area (Å²) in [5.41, 5.74) is 11.0. The van der Waals surface area contributed by atoms with Gasteiger partial charge in [0.1, 0.15) is 5.82 Å². The van der Waals surface area contributed by atoms with Crippen molar-refractivity contribution in [3.63, 3.8) is 0 Å². The Morgan fingerprint density at radius 1 is 1.09 bits per heavy atom. The van der Waals surface area contributed by atoms with Crippen molar-refractivity contribution in [2.24, 2.45) is 10.7 Å². The van der Waals surface area contributed by atoms with Gasteiger partial charge in [-0.1, -0.05) is 36.4 Å². The molecule has 1 atom stereocenters. The summed E-state index contributed by atoms with van der Waals surface area (Å²) in [7, 11) is 0. The molecule has 2 aliphatic rings. The molecule has 6 N–H and O–H groups in total. The van der Waals surface area contributed by atoms with Gasteiger partial charge < -0.3 is 25.8 Å². The van der Waals surface area contributed by atoms with E-state index in [0.29, 0.717) is 0 Å². The standard InChI is InChI=1S/C25H31N7/c26-25(30-11-9-24(31-25)28-10-4-14-32-15-12-27-13-16-32)20-6-3-5-19(17-20)22-18-29-23-8-2-1-7-21(22)23/h1-3,5-9,11,17-18,27-29,31H,4,10,12-16,26H2. The summed E-state index contributed by atoms with van der Waals surface area (Å²) in [6.07, 6.45) is 6.87. The van der Waals surface area contributed by atoms with Crippen LogP contribution in [0.1, 0.15) is 12.0 Å². The number of hydrogen-bond acceptors (Lipinski definition) is 6. The Hall–Kier alpha value is -3.13. The molecule has 3 heterocycles. The van der Waals surface area contributed by atoms with E-state index < -0.39 is 5.79 Å². The number of piperazine rings is 1. The van der Waals surface area contributed by atoms with Crippen LogP contribution in [0.5, 0.6) is 0 Å². The van der Waals surface area contributed by atoms with E-state index in [4.69, 9.17) is 5.73 Å². The van der Waals surface area contributed by atoms with Crippen LogP contribution in [0.4, 0.5) is 0 Å². The van der Waals surface area contributed by atoms with E-state index in [-0.39, 0.29) is 0 Å². The molecule has 1 fully saturated rings. The van der Waals surface area contributed by atoms with Gasteiger partial charge in [-0.05, 0) is 36.7 Å². The number of aliphatic imine (C=N–C) groups is 1. The number of nitrogens with zero attached hydrogens (tertiary/aromatic N) is 2. The third-order valence-electron chi connectivity index (χ3n) is 6.22. The predicted octanol–water partition coefficient (Wildman–Crippen LogP) is 2.30. The molecule has 7 heteroatoms. The maximum absolute atomic E-state index is 6.71. The van der Waals surface area contributed by atoms with Gasteiger partial charge in [0.2, 0.25) is 5.79 Å². The van der Waals surface area contributed by atoms with Crippen molar-refractivity contribution in [2.45, 2.75) is 12.2 Å². The van der Waals surface area contributed by atoms with Crippen LogP contribution in [-0.2, 0) is 5.79 Å². The minimum absolute atomic E-state index is 0.891. The third-order valence-corrected chi connectivity index (χ3v) is 6.22. The van der Waals surface area contributed by atoms with Gasteiger partial charge in [-0.25, -0.2) is 4.99 Å². The summed E-state index contributed by atoms with van der Waals surface area (Å²) in [6, 6.07) is 16.6. The highest BCUT2D eigenvalue weighted by molar-refractivity contribution is 5.95. The molecule has 0 saturated carbocycles. The monoisotopic (exact) mass is 429 g/mol. The van der Waals surface area contributed by atoms with E-state index in [1.54, 1.807) is 6.21 Å². The number of H-pyrrole nitrogens is 1. The maximum Gasteiger partial charge on any atom is 0.210 e. The normalized spacial score (nSPS) is 21.3. The van der Waals surface area contributed by atoms with Crippen LogP contribution in [0, 0.1) is 0 Å². The Bertz CT molecular complexity index is 1130. The van der Waals surface area contributed by atoms with E-state index >= 15 is 0 Å². The largest absolute Gasteiger partial charge is 0.372 e. The highest BCUT2D eigenvalue weighted by Crippen LogP contribution is 2.31. The Balaban J connectivity index is 1.25. The van der Waals surface area contributed by atoms with Crippen molar-refractivity contribution in [3.8, 4) is 11.1 Å². The summed E-state index contributed by atoms with van der Waals surface area (Å²) < 4.78 is 0. The Kier molecular flexibility index (Phi) is 5.94. The van der Waals surface area contributed by atoms with Crippen LogP contribution in [0.25, 0.3) is 22.0 Å². The number of para-hydroxylation sites is 1. The molecular weight excluding hydrogens is 398 g/mol. The predicted molar refractivity (Wildman–Crippen MR) is 131 cm³/mol. The average molecular weight is 430 g/mol. The molecule has 1 unspecified atom stereocenters. The molecule has 0 bridgehead atoms. The zero-order valence-electron chi connectivity index (χ0n) is 18.3. The second-order valence-electron chi connectivity index (χ2n) is 8.45. The van der Waals surface area contributed by atoms with Crippen LogP contribution in [-0.4, -0.2) is 55.4 Å². The molecule has 0 radical (unpaired) electrons. The Morgan fingerprint density at radius 3 is 2.88 bits per heavy atom. The third kappa shape index (κ3) is 4.41. The van der Waals surface area contributed by atoms with Crippen LogP contribution in [0.2, 0.25) is 0 Å². The van der Waals surface area contributed by atoms with E-state index in [0.717, 1.165) is 73.7 Å². The first-order chi connectivity index (χ1) is 15.7. The lowest BCUT2D eigenvalue weighted by Crippen LogP contribution is -2.52. The minimum atomic E-state index is -1.00. The van der Waals surface area contributed by atoms with Gasteiger partial charge >= 0.3 is 0 Å². The number of hydrogen-bond donors (Lipinski definition) is 5. The fourth-order valence-corrected chi connectivity index (χ4v) is 4.45. The summed E-state index contributed by atoms with van der Waals surface area (Å²) in [4.78, 5) is 10.4. The number of aromatic nitrogens is 1. The maximum atomic E-state index is 6.71. The number of nitrogens with one attached hydrogen (secondary N) is 4. The second kappa shape index (κ2) is 9.16. The summed E-state index contributed by atoms with van der Waals surface area (Å²) in [6.45, 7) is 6.44.